The Morgan fingerprint density at radius 3 is 1.35 bits per heavy atom. The summed E-state index contributed by atoms with van der Waals surface area (Å²) in [6, 6.07) is 0. The van der Waals surface area contributed by atoms with Crippen LogP contribution in [-0.4, -0.2) is 0 Å². The molecule has 0 N–H and O–H groups in total. The molecule has 3 radical (unpaired) electrons. The molecule has 0 aliphatic rings. The molecular formula is C20H39. The van der Waals surface area contributed by atoms with E-state index in [9.17, 15) is 0 Å². The molecule has 0 bridgehead atoms. The zero-order valence-corrected chi connectivity index (χ0v) is 14.3. The molecule has 0 nitrogen and oxygen atoms in total. The summed E-state index contributed by atoms with van der Waals surface area (Å²) < 4.78 is 0. The molecule has 0 aliphatic carbocycles. The number of unbranched alkanes of at least 4 members (excludes halogenated alkanes) is 17. The Bertz CT molecular complexity index is 132. The molecule has 0 rings (SSSR count). The third-order valence-corrected chi connectivity index (χ3v) is 4.05. The van der Waals surface area contributed by atoms with Gasteiger partial charge in [0.25, 0.3) is 0 Å². The highest BCUT2D eigenvalue weighted by atomic mass is 14.0. The smallest absolute Gasteiger partial charge is 0.0321 e. The molecule has 20 heavy (non-hydrogen) atoms. The van der Waals surface area contributed by atoms with Crippen LogP contribution in [0, 0.1) is 19.3 Å². The third kappa shape index (κ3) is 18.0. The molecule has 0 spiro atoms. The van der Waals surface area contributed by atoms with E-state index in [0.29, 0.717) is 0 Å². The summed E-state index contributed by atoms with van der Waals surface area (Å²) in [6.45, 7) is 4.38. The standard InChI is InChI=1S/C20H39/c1-3-5-7-9-11-13-15-17-19-20-18-16-14-12-10-8-6-4-2/h3,5,7H,4,6,8-20H2,1-2H3. The number of hydrogen-bond acceptors (Lipinski definition) is 0. The lowest BCUT2D eigenvalue weighted by Gasteiger charge is -2.03. The topological polar surface area (TPSA) is 0 Å². The molecule has 0 atom stereocenters. The van der Waals surface area contributed by atoms with E-state index < -0.39 is 0 Å². The summed E-state index contributed by atoms with van der Waals surface area (Å²) in [7, 11) is 0. The van der Waals surface area contributed by atoms with Crippen LogP contribution in [-0.2, 0) is 0 Å². The monoisotopic (exact) mass is 279 g/mol. The summed E-state index contributed by atoms with van der Waals surface area (Å²) in [6.07, 6.45) is 28.1. The SMILES string of the molecule is C[CH][CH][CH]CCCCCCCCCCCCCCCC. The van der Waals surface area contributed by atoms with Crippen molar-refractivity contribution in [3.63, 3.8) is 0 Å². The molecule has 0 unspecified atom stereocenters. The van der Waals surface area contributed by atoms with Crippen LogP contribution < -0.4 is 0 Å². The van der Waals surface area contributed by atoms with Crippen molar-refractivity contribution in [3.8, 4) is 0 Å². The third-order valence-electron chi connectivity index (χ3n) is 4.05. The van der Waals surface area contributed by atoms with Crippen molar-refractivity contribution in [1.82, 2.24) is 0 Å². The Balaban J connectivity index is 2.89. The van der Waals surface area contributed by atoms with Gasteiger partial charge in [-0.05, 0) is 25.7 Å². The number of rotatable bonds is 17. The van der Waals surface area contributed by atoms with Gasteiger partial charge in [0.2, 0.25) is 0 Å². The molecule has 0 amide bonds. The quantitative estimate of drug-likeness (QED) is 0.242. The van der Waals surface area contributed by atoms with Crippen LogP contribution in [0.15, 0.2) is 0 Å². The predicted molar refractivity (Wildman–Crippen MR) is 93.5 cm³/mol. The van der Waals surface area contributed by atoms with Gasteiger partial charge in [-0.3, -0.25) is 0 Å². The minimum absolute atomic E-state index is 1.27. The van der Waals surface area contributed by atoms with Crippen LogP contribution in [0.2, 0.25) is 0 Å². The number of hydrogen-bond donors (Lipinski definition) is 0. The fraction of sp³-hybridized carbons (Fsp3) is 0.850. The summed E-state index contributed by atoms with van der Waals surface area (Å²) in [4.78, 5) is 0. The molecule has 0 saturated carbocycles. The van der Waals surface area contributed by atoms with E-state index >= 15 is 0 Å². The van der Waals surface area contributed by atoms with Crippen molar-refractivity contribution in [2.75, 3.05) is 0 Å². The Kier molecular flexibility index (Phi) is 19.0. The molecule has 0 heteroatoms. The first-order chi connectivity index (χ1) is 9.91. The van der Waals surface area contributed by atoms with Gasteiger partial charge in [0.15, 0.2) is 0 Å². The fourth-order valence-electron chi connectivity index (χ4n) is 2.69. The predicted octanol–water partition coefficient (Wildman–Crippen LogP) is 7.49. The highest BCUT2D eigenvalue weighted by Crippen LogP contribution is 2.13. The van der Waals surface area contributed by atoms with Crippen LogP contribution in [0.3, 0.4) is 0 Å². The van der Waals surface area contributed by atoms with E-state index in [-0.39, 0.29) is 0 Å². The van der Waals surface area contributed by atoms with E-state index in [1.165, 1.54) is 96.3 Å². The lowest BCUT2D eigenvalue weighted by atomic mass is 10.0. The molecule has 0 aromatic carbocycles. The van der Waals surface area contributed by atoms with Gasteiger partial charge in [0.1, 0.15) is 0 Å². The van der Waals surface area contributed by atoms with E-state index in [1.54, 1.807) is 0 Å². The van der Waals surface area contributed by atoms with Crippen molar-refractivity contribution in [2.45, 2.75) is 110 Å². The van der Waals surface area contributed by atoms with Crippen molar-refractivity contribution in [1.29, 1.82) is 0 Å². The van der Waals surface area contributed by atoms with Gasteiger partial charge in [-0.2, -0.15) is 0 Å². The summed E-state index contributed by atoms with van der Waals surface area (Å²) in [5.74, 6) is 0. The highest BCUT2D eigenvalue weighted by molar-refractivity contribution is 4.92. The first-order valence-corrected chi connectivity index (χ1v) is 9.36. The van der Waals surface area contributed by atoms with Gasteiger partial charge >= 0.3 is 0 Å². The van der Waals surface area contributed by atoms with Crippen molar-refractivity contribution in [3.05, 3.63) is 19.3 Å². The summed E-state index contributed by atoms with van der Waals surface area (Å²) in [5.41, 5.74) is 0. The van der Waals surface area contributed by atoms with Crippen LogP contribution in [0.4, 0.5) is 0 Å². The zero-order chi connectivity index (χ0) is 14.7. The maximum Gasteiger partial charge on any atom is -0.0321 e. The fourth-order valence-corrected chi connectivity index (χ4v) is 2.69. The first-order valence-electron chi connectivity index (χ1n) is 9.36. The second-order valence-corrected chi connectivity index (χ2v) is 6.15. The molecule has 0 saturated heterocycles. The van der Waals surface area contributed by atoms with Gasteiger partial charge in [-0.25, -0.2) is 0 Å². The Hall–Kier alpha value is 0. The Morgan fingerprint density at radius 1 is 0.550 bits per heavy atom. The maximum absolute atomic E-state index is 2.29. The van der Waals surface area contributed by atoms with E-state index in [1.807, 2.05) is 0 Å². The molecule has 0 aromatic rings. The zero-order valence-electron chi connectivity index (χ0n) is 14.3. The second-order valence-electron chi connectivity index (χ2n) is 6.15. The molecule has 0 heterocycles. The van der Waals surface area contributed by atoms with Crippen molar-refractivity contribution < 1.29 is 0 Å². The molecule has 0 fully saturated rings. The summed E-state index contributed by atoms with van der Waals surface area (Å²) in [5, 5.41) is 0. The Morgan fingerprint density at radius 2 is 0.950 bits per heavy atom. The molecule has 119 valence electrons. The normalized spacial score (nSPS) is 11.1. The van der Waals surface area contributed by atoms with Gasteiger partial charge in [-0.1, -0.05) is 104 Å². The van der Waals surface area contributed by atoms with Crippen LogP contribution in [0.5, 0.6) is 0 Å². The molecule has 0 aromatic heterocycles. The molecular weight excluding hydrogens is 240 g/mol. The summed E-state index contributed by atoms with van der Waals surface area (Å²) >= 11 is 0. The lowest BCUT2D eigenvalue weighted by molar-refractivity contribution is 0.535. The van der Waals surface area contributed by atoms with Gasteiger partial charge in [0, 0.05) is 0 Å². The maximum atomic E-state index is 2.29. The minimum Gasteiger partial charge on any atom is -0.0654 e. The second kappa shape index (κ2) is 19.0. The minimum atomic E-state index is 1.27. The first kappa shape index (κ1) is 20.0. The van der Waals surface area contributed by atoms with Crippen LogP contribution in [0.25, 0.3) is 0 Å². The molecule has 0 aliphatic heterocycles. The van der Waals surface area contributed by atoms with E-state index in [2.05, 4.69) is 33.1 Å². The highest BCUT2D eigenvalue weighted by Gasteiger charge is 1.94. The van der Waals surface area contributed by atoms with Crippen LogP contribution in [0.1, 0.15) is 110 Å². The average Bonchev–Trinajstić information content (AvgIpc) is 2.47. The van der Waals surface area contributed by atoms with Gasteiger partial charge in [0.05, 0.1) is 0 Å². The van der Waals surface area contributed by atoms with Crippen LogP contribution >= 0.6 is 0 Å². The van der Waals surface area contributed by atoms with E-state index in [0.717, 1.165) is 0 Å². The Labute approximate surface area is 130 Å². The largest absolute Gasteiger partial charge is 0.0654 e. The van der Waals surface area contributed by atoms with Gasteiger partial charge < -0.3 is 0 Å². The van der Waals surface area contributed by atoms with Crippen molar-refractivity contribution in [2.24, 2.45) is 0 Å². The van der Waals surface area contributed by atoms with E-state index in [4.69, 9.17) is 0 Å². The lowest BCUT2D eigenvalue weighted by Crippen LogP contribution is -1.84. The average molecular weight is 280 g/mol. The van der Waals surface area contributed by atoms with Crippen molar-refractivity contribution >= 4 is 0 Å². The van der Waals surface area contributed by atoms with Gasteiger partial charge in [-0.15, -0.1) is 0 Å².